The third-order valence-corrected chi connectivity index (χ3v) is 5.81. The number of hydrogen-bond acceptors (Lipinski definition) is 5. The third-order valence-electron chi connectivity index (χ3n) is 3.38. The first-order valence-electron chi connectivity index (χ1n) is 6.85. The Bertz CT molecular complexity index is 737. The van der Waals surface area contributed by atoms with Crippen molar-refractivity contribution in [3.05, 3.63) is 34.1 Å². The van der Waals surface area contributed by atoms with E-state index < -0.39 is 39.7 Å². The number of esters is 1. The van der Waals surface area contributed by atoms with E-state index in [0.29, 0.717) is 6.42 Å². The lowest BCUT2D eigenvalue weighted by Crippen LogP contribution is -2.42. The Morgan fingerprint density at radius 1 is 1.43 bits per heavy atom. The minimum atomic E-state index is -3.11. The fourth-order valence-electron chi connectivity index (χ4n) is 2.16. The molecule has 0 bridgehead atoms. The lowest BCUT2D eigenvalue weighted by Gasteiger charge is -2.16. The molecule has 1 aliphatic heterocycles. The smallest absolute Gasteiger partial charge is 0.340 e. The van der Waals surface area contributed by atoms with Gasteiger partial charge in [0.2, 0.25) is 0 Å². The Morgan fingerprint density at radius 3 is 2.70 bits per heavy atom. The fourth-order valence-corrected chi connectivity index (χ4v) is 4.35. The molecule has 23 heavy (non-hydrogen) atoms. The van der Waals surface area contributed by atoms with Gasteiger partial charge in [-0.2, -0.15) is 0 Å². The number of halogens is 2. The first-order chi connectivity index (χ1) is 10.7. The summed E-state index contributed by atoms with van der Waals surface area (Å²) in [5.74, 6) is -1.93. The quantitative estimate of drug-likeness (QED) is 0.762. The molecule has 1 heterocycles. The van der Waals surface area contributed by atoms with Crippen molar-refractivity contribution in [1.82, 2.24) is 5.32 Å². The van der Waals surface area contributed by atoms with Gasteiger partial charge in [0.25, 0.3) is 5.91 Å². The molecule has 1 N–H and O–H groups in total. The summed E-state index contributed by atoms with van der Waals surface area (Å²) >= 11 is 3.05. The lowest BCUT2D eigenvalue weighted by molar-refractivity contribution is -0.129. The van der Waals surface area contributed by atoms with Crippen LogP contribution in [0.2, 0.25) is 0 Å². The molecule has 2 rings (SSSR count). The number of carbonyl (C=O) groups excluding carboxylic acids is 2. The maximum atomic E-state index is 13.0. The highest BCUT2D eigenvalue weighted by Gasteiger charge is 2.31. The Labute approximate surface area is 141 Å². The zero-order chi connectivity index (χ0) is 17.2. The van der Waals surface area contributed by atoms with E-state index >= 15 is 0 Å². The molecule has 0 aromatic heterocycles. The maximum Gasteiger partial charge on any atom is 0.340 e. The van der Waals surface area contributed by atoms with E-state index in [4.69, 9.17) is 4.74 Å². The molecule has 6 nitrogen and oxygen atoms in total. The average Bonchev–Trinajstić information content (AvgIpc) is 2.77. The van der Waals surface area contributed by atoms with Crippen LogP contribution in [-0.2, 0) is 19.4 Å². The fraction of sp³-hybridized carbons (Fsp3) is 0.429. The molecule has 0 unspecified atom stereocenters. The number of nitrogens with one attached hydrogen (secondary N) is 1. The summed E-state index contributed by atoms with van der Waals surface area (Å²) in [6, 6.07) is 3.00. The van der Waals surface area contributed by atoms with Crippen molar-refractivity contribution in [3.63, 3.8) is 0 Å². The summed E-state index contributed by atoms with van der Waals surface area (Å²) in [4.78, 5) is 23.9. The van der Waals surface area contributed by atoms with Crippen LogP contribution in [0.5, 0.6) is 0 Å². The molecule has 2 atom stereocenters. The third kappa shape index (κ3) is 4.74. The topological polar surface area (TPSA) is 89.5 Å². The number of rotatable bonds is 4. The van der Waals surface area contributed by atoms with Crippen LogP contribution in [0.25, 0.3) is 0 Å². The molecule has 0 aliphatic carbocycles. The van der Waals surface area contributed by atoms with Gasteiger partial charge in [-0.3, -0.25) is 4.79 Å². The van der Waals surface area contributed by atoms with Crippen molar-refractivity contribution in [1.29, 1.82) is 0 Å². The van der Waals surface area contributed by atoms with E-state index in [0.717, 1.165) is 12.1 Å². The molecule has 0 saturated carbocycles. The Balaban J connectivity index is 1.94. The van der Waals surface area contributed by atoms with Crippen molar-refractivity contribution >= 4 is 37.6 Å². The highest BCUT2D eigenvalue weighted by Crippen LogP contribution is 2.19. The van der Waals surface area contributed by atoms with Crippen LogP contribution in [-0.4, -0.2) is 43.9 Å². The Kier molecular flexibility index (Phi) is 5.41. The molecule has 1 aromatic carbocycles. The first-order valence-corrected chi connectivity index (χ1v) is 9.46. The van der Waals surface area contributed by atoms with Gasteiger partial charge in [0.05, 0.1) is 17.1 Å². The van der Waals surface area contributed by atoms with E-state index in [2.05, 4.69) is 21.2 Å². The lowest BCUT2D eigenvalue weighted by atomic mass is 10.2. The van der Waals surface area contributed by atoms with Gasteiger partial charge >= 0.3 is 5.97 Å². The second-order valence-electron chi connectivity index (χ2n) is 5.28. The van der Waals surface area contributed by atoms with Crippen LogP contribution in [0.3, 0.4) is 0 Å². The van der Waals surface area contributed by atoms with Crippen LogP contribution >= 0.6 is 15.9 Å². The number of ether oxygens (including phenoxy) is 1. The van der Waals surface area contributed by atoms with Crippen LogP contribution in [0, 0.1) is 5.82 Å². The van der Waals surface area contributed by atoms with Gasteiger partial charge in [0.15, 0.2) is 15.9 Å². The summed E-state index contributed by atoms with van der Waals surface area (Å²) < 4.78 is 40.9. The Hall–Kier alpha value is -1.48. The molecule has 1 aliphatic rings. The van der Waals surface area contributed by atoms with Gasteiger partial charge < -0.3 is 10.1 Å². The first kappa shape index (κ1) is 17.9. The second-order valence-corrected chi connectivity index (χ2v) is 8.36. The predicted octanol–water partition coefficient (Wildman–Crippen LogP) is 1.44. The zero-order valence-corrected chi connectivity index (χ0v) is 14.6. The van der Waals surface area contributed by atoms with E-state index in [1.807, 2.05) is 0 Å². The predicted molar refractivity (Wildman–Crippen MR) is 84.2 cm³/mol. The highest BCUT2D eigenvalue weighted by atomic mass is 79.9. The van der Waals surface area contributed by atoms with Gasteiger partial charge in [-0.05, 0) is 47.5 Å². The number of carbonyl (C=O) groups is 2. The number of sulfone groups is 1. The van der Waals surface area contributed by atoms with Crippen molar-refractivity contribution in [2.45, 2.75) is 25.5 Å². The van der Waals surface area contributed by atoms with Crippen LogP contribution in [0.15, 0.2) is 22.7 Å². The summed E-state index contributed by atoms with van der Waals surface area (Å²) in [6.45, 7) is 1.38. The summed E-state index contributed by atoms with van der Waals surface area (Å²) in [5, 5.41) is 2.55. The van der Waals surface area contributed by atoms with Crippen molar-refractivity contribution < 1.29 is 27.1 Å². The maximum absolute atomic E-state index is 13.0. The molecule has 1 amide bonds. The number of benzene rings is 1. The molecule has 0 radical (unpaired) electrons. The minimum Gasteiger partial charge on any atom is -0.449 e. The molecular formula is C14H15BrFNO5S. The van der Waals surface area contributed by atoms with Crippen molar-refractivity contribution in [2.75, 3.05) is 11.5 Å². The van der Waals surface area contributed by atoms with E-state index in [-0.39, 0.29) is 21.5 Å². The molecule has 9 heteroatoms. The standard InChI is InChI=1S/C14H15BrFNO5S/c1-8(13(18)17-10-4-5-23(20,21)7-10)22-14(19)11-3-2-9(16)6-12(11)15/h2-3,6,8,10H,4-5,7H2,1H3,(H,17,18)/t8-,10-/m0/s1. The van der Waals surface area contributed by atoms with E-state index in [9.17, 15) is 22.4 Å². The van der Waals surface area contributed by atoms with Gasteiger partial charge in [-0.1, -0.05) is 0 Å². The molecular weight excluding hydrogens is 393 g/mol. The van der Waals surface area contributed by atoms with Gasteiger partial charge in [-0.25, -0.2) is 17.6 Å². The van der Waals surface area contributed by atoms with Gasteiger partial charge in [-0.15, -0.1) is 0 Å². The molecule has 126 valence electrons. The number of hydrogen-bond donors (Lipinski definition) is 1. The highest BCUT2D eigenvalue weighted by molar-refractivity contribution is 9.10. The zero-order valence-electron chi connectivity index (χ0n) is 12.2. The monoisotopic (exact) mass is 407 g/mol. The van der Waals surface area contributed by atoms with Crippen LogP contribution in [0.1, 0.15) is 23.7 Å². The van der Waals surface area contributed by atoms with Crippen molar-refractivity contribution in [3.8, 4) is 0 Å². The van der Waals surface area contributed by atoms with Crippen LogP contribution < -0.4 is 5.32 Å². The van der Waals surface area contributed by atoms with Crippen LogP contribution in [0.4, 0.5) is 4.39 Å². The summed E-state index contributed by atoms with van der Waals surface area (Å²) in [6.07, 6.45) is -0.749. The normalized spacial score (nSPS) is 20.7. The van der Waals surface area contributed by atoms with Gasteiger partial charge in [0, 0.05) is 10.5 Å². The minimum absolute atomic E-state index is 0.0364. The van der Waals surface area contributed by atoms with E-state index in [1.165, 1.54) is 13.0 Å². The largest absolute Gasteiger partial charge is 0.449 e. The Morgan fingerprint density at radius 2 is 2.13 bits per heavy atom. The second kappa shape index (κ2) is 6.96. The summed E-state index contributed by atoms with van der Waals surface area (Å²) in [5.41, 5.74) is 0.0921. The molecule has 0 spiro atoms. The van der Waals surface area contributed by atoms with Crippen molar-refractivity contribution in [2.24, 2.45) is 0 Å². The SMILES string of the molecule is C[C@H](OC(=O)c1ccc(F)cc1Br)C(=O)N[C@H]1CCS(=O)(=O)C1. The molecule has 1 fully saturated rings. The summed E-state index contributed by atoms with van der Waals surface area (Å²) in [7, 11) is -3.11. The average molecular weight is 408 g/mol. The number of amides is 1. The molecule has 1 saturated heterocycles. The van der Waals surface area contributed by atoms with Gasteiger partial charge in [0.1, 0.15) is 5.82 Å². The van der Waals surface area contributed by atoms with E-state index in [1.54, 1.807) is 0 Å². The molecule has 1 aromatic rings.